The predicted octanol–water partition coefficient (Wildman–Crippen LogP) is 3.55. The van der Waals surface area contributed by atoms with Gasteiger partial charge in [-0.3, -0.25) is 14.9 Å². The van der Waals surface area contributed by atoms with E-state index in [9.17, 15) is 14.4 Å². The zero-order valence-electron chi connectivity index (χ0n) is 15.6. The Hall–Kier alpha value is -2.08. The second-order valence-electron chi connectivity index (χ2n) is 6.06. The molecule has 0 aliphatic heterocycles. The van der Waals surface area contributed by atoms with Crippen molar-refractivity contribution in [3.8, 4) is 0 Å². The van der Waals surface area contributed by atoms with E-state index in [1.54, 1.807) is 6.92 Å². The average Bonchev–Trinajstić information content (AvgIpc) is 2.56. The molecule has 1 aromatic carbocycles. The number of amides is 4. The van der Waals surface area contributed by atoms with Crippen LogP contribution in [-0.2, 0) is 16.0 Å². The molecule has 0 saturated heterocycles. The molecule has 7 heteroatoms. The van der Waals surface area contributed by atoms with Crippen molar-refractivity contribution < 1.29 is 14.4 Å². The number of halogens is 1. The van der Waals surface area contributed by atoms with E-state index in [1.807, 2.05) is 17.4 Å². The number of nitrogens with one attached hydrogen (secondary N) is 1. The second-order valence-corrected chi connectivity index (χ2v) is 6.50. The Balaban J connectivity index is 0.000000481. The fourth-order valence-electron chi connectivity index (χ4n) is 2.31. The van der Waals surface area contributed by atoms with Gasteiger partial charge >= 0.3 is 6.03 Å². The van der Waals surface area contributed by atoms with E-state index in [4.69, 9.17) is 23.1 Å². The number of urea groups is 1. The summed E-state index contributed by atoms with van der Waals surface area (Å²) in [4.78, 5) is 31.8. The monoisotopic (exact) mass is 383 g/mol. The lowest BCUT2D eigenvalue weighted by Gasteiger charge is -2.08. The van der Waals surface area contributed by atoms with Gasteiger partial charge in [-0.15, -0.1) is 0 Å². The maximum atomic E-state index is 10.9. The van der Waals surface area contributed by atoms with Crippen LogP contribution in [0.3, 0.4) is 0 Å². The minimum atomic E-state index is -0.927. The number of benzene rings is 1. The molecule has 0 heterocycles. The Bertz CT molecular complexity index is 579. The molecule has 4 amide bonds. The molecule has 5 N–H and O–H groups in total. The van der Waals surface area contributed by atoms with Gasteiger partial charge in [0, 0.05) is 17.4 Å². The first-order valence-electron chi connectivity index (χ1n) is 8.93. The number of carbonyl (C=O) groups excluding carboxylic acids is 3. The minimum Gasteiger partial charge on any atom is -0.369 e. The van der Waals surface area contributed by atoms with Gasteiger partial charge in [-0.05, 0) is 37.0 Å². The summed E-state index contributed by atoms with van der Waals surface area (Å²) < 4.78 is 0. The number of nitrogens with two attached hydrogens (primary N) is 2. The van der Waals surface area contributed by atoms with Crippen molar-refractivity contribution in [3.05, 3.63) is 34.9 Å². The summed E-state index contributed by atoms with van der Waals surface area (Å²) in [5, 5.41) is 2.71. The van der Waals surface area contributed by atoms with Gasteiger partial charge in [0.15, 0.2) is 0 Å². The summed E-state index contributed by atoms with van der Waals surface area (Å²) >= 11 is 5.88. The Morgan fingerprint density at radius 2 is 1.81 bits per heavy atom. The normalized spacial score (nSPS) is 11.0. The highest BCUT2D eigenvalue weighted by atomic mass is 35.5. The van der Waals surface area contributed by atoms with Gasteiger partial charge in [0.2, 0.25) is 11.8 Å². The SMILES string of the molecule is CCC(CC(=O)NC(N)=O)C(N)=O.CCCCCCc1cccc(Cl)c1. The van der Waals surface area contributed by atoms with Crippen LogP contribution in [-0.4, -0.2) is 17.8 Å². The molecule has 0 radical (unpaired) electrons. The topological polar surface area (TPSA) is 115 Å². The highest BCUT2D eigenvalue weighted by molar-refractivity contribution is 6.30. The standard InChI is InChI=1S/C12H17Cl.C7H13N3O3/c1-2-3-4-5-7-11-8-6-9-12(13)10-11;1-2-4(6(8)12)3-5(11)10-7(9)13/h6,8-10H,2-5,7H2,1H3;4H,2-3H2,1H3,(H2,8,12)(H3,9,10,11,13). The van der Waals surface area contributed by atoms with Crippen molar-refractivity contribution in [1.82, 2.24) is 5.32 Å². The van der Waals surface area contributed by atoms with Crippen LogP contribution < -0.4 is 16.8 Å². The molecule has 1 rings (SSSR count). The first-order chi connectivity index (χ1) is 12.3. The number of hydrogen-bond donors (Lipinski definition) is 3. The summed E-state index contributed by atoms with van der Waals surface area (Å²) in [7, 11) is 0. The molecule has 1 atom stereocenters. The molecule has 0 aliphatic rings. The summed E-state index contributed by atoms with van der Waals surface area (Å²) in [6.45, 7) is 3.96. The largest absolute Gasteiger partial charge is 0.369 e. The van der Waals surface area contributed by atoms with Crippen LogP contribution in [0.2, 0.25) is 5.02 Å². The molecule has 0 spiro atoms. The zero-order valence-corrected chi connectivity index (χ0v) is 16.3. The molecule has 0 bridgehead atoms. The fraction of sp³-hybridized carbons (Fsp3) is 0.526. The van der Waals surface area contributed by atoms with Gasteiger partial charge < -0.3 is 11.5 Å². The van der Waals surface area contributed by atoms with Gasteiger partial charge in [-0.2, -0.15) is 0 Å². The molecule has 26 heavy (non-hydrogen) atoms. The van der Waals surface area contributed by atoms with Crippen molar-refractivity contribution >= 4 is 29.4 Å². The van der Waals surface area contributed by atoms with Crippen LogP contribution >= 0.6 is 11.6 Å². The van der Waals surface area contributed by atoms with Gasteiger partial charge in [-0.25, -0.2) is 4.79 Å². The van der Waals surface area contributed by atoms with Gasteiger partial charge in [0.1, 0.15) is 0 Å². The lowest BCUT2D eigenvalue weighted by atomic mass is 10.0. The molecule has 146 valence electrons. The first-order valence-corrected chi connectivity index (χ1v) is 9.30. The van der Waals surface area contributed by atoms with Crippen molar-refractivity contribution in [2.75, 3.05) is 0 Å². The Labute approximate surface area is 160 Å². The maximum Gasteiger partial charge on any atom is 0.318 e. The number of aryl methyl sites for hydroxylation is 1. The highest BCUT2D eigenvalue weighted by Crippen LogP contribution is 2.13. The average molecular weight is 384 g/mol. The third kappa shape index (κ3) is 12.3. The number of primary amides is 2. The smallest absolute Gasteiger partial charge is 0.318 e. The fourth-order valence-corrected chi connectivity index (χ4v) is 2.52. The lowest BCUT2D eigenvalue weighted by Crippen LogP contribution is -2.37. The molecule has 1 unspecified atom stereocenters. The van der Waals surface area contributed by atoms with E-state index in [0.717, 1.165) is 5.02 Å². The molecule has 1 aromatic rings. The third-order valence-electron chi connectivity index (χ3n) is 3.80. The van der Waals surface area contributed by atoms with Crippen molar-refractivity contribution in [2.45, 2.75) is 58.8 Å². The molecular formula is C19H30ClN3O3. The third-order valence-corrected chi connectivity index (χ3v) is 4.03. The number of rotatable bonds is 9. The minimum absolute atomic E-state index is 0.102. The molecule has 0 saturated carbocycles. The zero-order chi connectivity index (χ0) is 19.9. The van der Waals surface area contributed by atoms with Gasteiger partial charge in [0.05, 0.1) is 0 Å². The number of unbranched alkanes of at least 4 members (excludes halogenated alkanes) is 3. The Morgan fingerprint density at radius 1 is 1.12 bits per heavy atom. The van der Waals surface area contributed by atoms with Crippen LogP contribution in [0.15, 0.2) is 24.3 Å². The van der Waals surface area contributed by atoms with E-state index in [1.165, 1.54) is 37.7 Å². The van der Waals surface area contributed by atoms with Crippen LogP contribution in [0.5, 0.6) is 0 Å². The summed E-state index contributed by atoms with van der Waals surface area (Å²) in [6, 6.07) is 7.24. The molecular weight excluding hydrogens is 354 g/mol. The van der Waals surface area contributed by atoms with Crippen LogP contribution in [0.4, 0.5) is 4.79 Å². The number of imide groups is 1. The second kappa shape index (κ2) is 14.1. The molecule has 0 fully saturated rings. The molecule has 0 aromatic heterocycles. The van der Waals surface area contributed by atoms with Crippen molar-refractivity contribution in [1.29, 1.82) is 0 Å². The van der Waals surface area contributed by atoms with E-state index < -0.39 is 23.8 Å². The Kier molecular flexibility index (Phi) is 13.0. The molecule has 0 aliphatic carbocycles. The van der Waals surface area contributed by atoms with Crippen LogP contribution in [0.25, 0.3) is 0 Å². The van der Waals surface area contributed by atoms with Gasteiger partial charge in [0.25, 0.3) is 0 Å². The Morgan fingerprint density at radius 3 is 2.31 bits per heavy atom. The summed E-state index contributed by atoms with van der Waals surface area (Å²) in [6.07, 6.45) is 6.80. The van der Waals surface area contributed by atoms with E-state index in [-0.39, 0.29) is 6.42 Å². The summed E-state index contributed by atoms with van der Waals surface area (Å²) in [5.41, 5.74) is 11.1. The highest BCUT2D eigenvalue weighted by Gasteiger charge is 2.17. The molecule has 6 nitrogen and oxygen atoms in total. The van der Waals surface area contributed by atoms with E-state index >= 15 is 0 Å². The van der Waals surface area contributed by atoms with Crippen LogP contribution in [0, 0.1) is 5.92 Å². The number of carbonyl (C=O) groups is 3. The van der Waals surface area contributed by atoms with Crippen LogP contribution in [0.1, 0.15) is 57.9 Å². The number of hydrogen-bond acceptors (Lipinski definition) is 3. The van der Waals surface area contributed by atoms with E-state index in [2.05, 4.69) is 19.1 Å². The first kappa shape index (κ1) is 23.9. The quantitative estimate of drug-likeness (QED) is 0.566. The maximum absolute atomic E-state index is 10.9. The predicted molar refractivity (Wildman–Crippen MR) is 105 cm³/mol. The van der Waals surface area contributed by atoms with Crippen molar-refractivity contribution in [3.63, 3.8) is 0 Å². The summed E-state index contributed by atoms with van der Waals surface area (Å²) in [5.74, 6) is -1.68. The van der Waals surface area contributed by atoms with E-state index in [0.29, 0.717) is 6.42 Å². The van der Waals surface area contributed by atoms with Crippen molar-refractivity contribution in [2.24, 2.45) is 17.4 Å². The van der Waals surface area contributed by atoms with Gasteiger partial charge in [-0.1, -0.05) is 56.8 Å². The lowest BCUT2D eigenvalue weighted by molar-refractivity contribution is -0.128.